The van der Waals surface area contributed by atoms with Gasteiger partial charge >= 0.3 is 0 Å². The second-order valence-electron chi connectivity index (χ2n) is 8.67. The van der Waals surface area contributed by atoms with Gasteiger partial charge in [-0.1, -0.05) is 18.2 Å². The fraction of sp³-hybridized carbons (Fsp3) is 0.391. The molecule has 0 amide bonds. The van der Waals surface area contributed by atoms with Crippen LogP contribution in [0.15, 0.2) is 42.7 Å². The number of nitrogens with zero attached hydrogens (tertiary/aromatic N) is 7. The summed E-state index contributed by atoms with van der Waals surface area (Å²) in [6.45, 7) is 6.72. The molecule has 4 N–H and O–H groups in total. The van der Waals surface area contributed by atoms with Crippen molar-refractivity contribution in [3.05, 3.63) is 54.1 Å². The molecule has 1 aliphatic rings. The van der Waals surface area contributed by atoms with E-state index in [0.717, 1.165) is 42.2 Å². The largest absolute Gasteiger partial charge is 0.382 e. The number of hydrogen-bond acceptors (Lipinski definition) is 7. The van der Waals surface area contributed by atoms with E-state index in [1.165, 1.54) is 0 Å². The highest BCUT2D eigenvalue weighted by atomic mass is 15.3. The lowest BCUT2D eigenvalue weighted by atomic mass is 10.1. The van der Waals surface area contributed by atoms with Crippen LogP contribution in [-0.4, -0.2) is 48.9 Å². The van der Waals surface area contributed by atoms with E-state index in [1.54, 1.807) is 6.20 Å². The average Bonchev–Trinajstić information content (AvgIpc) is 3.53. The topological polar surface area (TPSA) is 117 Å². The standard InChI is InChI=1S/C23H29N9/c1-15(2)32-19(12-17-6-3-4-7-18(17)31-10-5-9-26-31)27-20-21(25)28-23(29-22(20)32)30-11-8-16(13-24)14-30/h3-7,9-10,15-16H,8,11-14,24H2,1-2H3,(H2,25,28,29). The molecule has 1 unspecified atom stereocenters. The quantitative estimate of drug-likeness (QED) is 0.482. The van der Waals surface area contributed by atoms with Crippen molar-refractivity contribution in [1.29, 1.82) is 0 Å². The number of anilines is 2. The molecular formula is C23H29N9. The molecule has 166 valence electrons. The molecule has 0 bridgehead atoms. The summed E-state index contributed by atoms with van der Waals surface area (Å²) >= 11 is 0. The Labute approximate surface area is 187 Å². The molecule has 0 spiro atoms. The second kappa shape index (κ2) is 8.23. The van der Waals surface area contributed by atoms with E-state index in [-0.39, 0.29) is 6.04 Å². The van der Waals surface area contributed by atoms with Crippen LogP contribution in [0.5, 0.6) is 0 Å². The highest BCUT2D eigenvalue weighted by molar-refractivity contribution is 5.84. The van der Waals surface area contributed by atoms with Crippen LogP contribution in [0.2, 0.25) is 0 Å². The number of hydrogen-bond donors (Lipinski definition) is 2. The Bertz CT molecular complexity index is 1230. The van der Waals surface area contributed by atoms with Crippen LogP contribution in [-0.2, 0) is 6.42 Å². The predicted molar refractivity (Wildman–Crippen MR) is 126 cm³/mol. The maximum absolute atomic E-state index is 6.38. The smallest absolute Gasteiger partial charge is 0.229 e. The Balaban J connectivity index is 1.58. The first-order chi connectivity index (χ1) is 15.5. The zero-order valence-electron chi connectivity index (χ0n) is 18.5. The third-order valence-corrected chi connectivity index (χ3v) is 6.14. The molecule has 1 aromatic carbocycles. The van der Waals surface area contributed by atoms with Crippen LogP contribution >= 0.6 is 0 Å². The molecule has 0 aliphatic carbocycles. The Kier molecular flexibility index (Phi) is 5.26. The zero-order valence-corrected chi connectivity index (χ0v) is 18.5. The lowest BCUT2D eigenvalue weighted by Gasteiger charge is -2.18. The first-order valence-electron chi connectivity index (χ1n) is 11.1. The van der Waals surface area contributed by atoms with E-state index in [2.05, 4.69) is 45.5 Å². The van der Waals surface area contributed by atoms with E-state index >= 15 is 0 Å². The molecule has 1 aliphatic heterocycles. The van der Waals surface area contributed by atoms with Gasteiger partial charge in [-0.2, -0.15) is 15.1 Å². The highest BCUT2D eigenvalue weighted by Crippen LogP contribution is 2.29. The van der Waals surface area contributed by atoms with Gasteiger partial charge in [0.05, 0.1) is 5.69 Å². The number of imidazole rings is 1. The molecule has 0 radical (unpaired) electrons. The highest BCUT2D eigenvalue weighted by Gasteiger charge is 2.26. The van der Waals surface area contributed by atoms with E-state index in [0.29, 0.717) is 36.2 Å². The van der Waals surface area contributed by atoms with Crippen molar-refractivity contribution in [3.63, 3.8) is 0 Å². The molecule has 0 saturated carbocycles. The van der Waals surface area contributed by atoms with Crippen LogP contribution in [0.25, 0.3) is 16.9 Å². The van der Waals surface area contributed by atoms with Crippen molar-refractivity contribution in [2.75, 3.05) is 30.3 Å². The number of para-hydroxylation sites is 1. The summed E-state index contributed by atoms with van der Waals surface area (Å²) in [5, 5.41) is 4.40. The van der Waals surface area contributed by atoms with Gasteiger partial charge in [-0.15, -0.1) is 0 Å². The second-order valence-corrected chi connectivity index (χ2v) is 8.67. The van der Waals surface area contributed by atoms with E-state index in [9.17, 15) is 0 Å². The number of benzene rings is 1. The molecule has 1 fully saturated rings. The maximum Gasteiger partial charge on any atom is 0.229 e. The van der Waals surface area contributed by atoms with E-state index < -0.39 is 0 Å². The maximum atomic E-state index is 6.38. The summed E-state index contributed by atoms with van der Waals surface area (Å²) in [5.41, 5.74) is 15.9. The Morgan fingerprint density at radius 3 is 2.69 bits per heavy atom. The fourth-order valence-corrected chi connectivity index (χ4v) is 4.51. The lowest BCUT2D eigenvalue weighted by molar-refractivity contribution is 0.586. The zero-order chi connectivity index (χ0) is 22.2. The normalized spacial score (nSPS) is 16.5. The SMILES string of the molecule is CC(C)n1c(Cc2ccccc2-n2cccn2)nc2c(N)nc(N3CCC(CN)C3)nc21. The number of aromatic nitrogens is 6. The summed E-state index contributed by atoms with van der Waals surface area (Å²) in [6.07, 6.45) is 5.42. The molecule has 4 aromatic rings. The number of nitrogens with two attached hydrogens (primary N) is 2. The van der Waals surface area contributed by atoms with Crippen molar-refractivity contribution in [1.82, 2.24) is 29.3 Å². The molecule has 9 heteroatoms. The van der Waals surface area contributed by atoms with E-state index in [4.69, 9.17) is 21.4 Å². The molecule has 1 saturated heterocycles. The van der Waals surface area contributed by atoms with Gasteiger partial charge in [0.25, 0.3) is 0 Å². The van der Waals surface area contributed by atoms with Gasteiger partial charge in [0.1, 0.15) is 5.82 Å². The third kappa shape index (κ3) is 3.58. The first-order valence-corrected chi connectivity index (χ1v) is 11.1. The first kappa shape index (κ1) is 20.4. The molecule has 32 heavy (non-hydrogen) atoms. The molecular weight excluding hydrogens is 402 g/mol. The average molecular weight is 432 g/mol. The summed E-state index contributed by atoms with van der Waals surface area (Å²) < 4.78 is 4.05. The van der Waals surface area contributed by atoms with Crippen LogP contribution in [0.3, 0.4) is 0 Å². The van der Waals surface area contributed by atoms with Crippen molar-refractivity contribution in [2.24, 2.45) is 11.7 Å². The molecule has 9 nitrogen and oxygen atoms in total. The minimum atomic E-state index is 0.171. The van der Waals surface area contributed by atoms with Gasteiger partial charge in [-0.05, 0) is 50.4 Å². The molecule has 1 atom stereocenters. The minimum absolute atomic E-state index is 0.171. The summed E-state index contributed by atoms with van der Waals surface area (Å²) in [5.74, 6) is 2.47. The van der Waals surface area contributed by atoms with Gasteiger partial charge in [0.2, 0.25) is 5.95 Å². The number of nitrogen functional groups attached to an aromatic ring is 1. The van der Waals surface area contributed by atoms with Gasteiger partial charge in [0, 0.05) is 37.9 Å². The van der Waals surface area contributed by atoms with Crippen molar-refractivity contribution < 1.29 is 0 Å². The van der Waals surface area contributed by atoms with Crippen molar-refractivity contribution in [2.45, 2.75) is 32.7 Å². The minimum Gasteiger partial charge on any atom is -0.382 e. The molecule has 3 aromatic heterocycles. The summed E-state index contributed by atoms with van der Waals surface area (Å²) in [7, 11) is 0. The predicted octanol–water partition coefficient (Wildman–Crippen LogP) is 2.55. The fourth-order valence-electron chi connectivity index (χ4n) is 4.51. The Morgan fingerprint density at radius 2 is 1.97 bits per heavy atom. The summed E-state index contributed by atoms with van der Waals surface area (Å²) in [6, 6.07) is 10.3. The monoisotopic (exact) mass is 431 g/mol. The van der Waals surface area contributed by atoms with Crippen LogP contribution in [0.1, 0.15) is 37.7 Å². The number of fused-ring (bicyclic) bond motifs is 1. The van der Waals surface area contributed by atoms with Gasteiger partial charge in [0.15, 0.2) is 17.0 Å². The van der Waals surface area contributed by atoms with Gasteiger partial charge < -0.3 is 20.9 Å². The van der Waals surface area contributed by atoms with Crippen LogP contribution in [0, 0.1) is 5.92 Å². The third-order valence-electron chi connectivity index (χ3n) is 6.14. The van der Waals surface area contributed by atoms with E-state index in [1.807, 2.05) is 29.1 Å². The Hall–Kier alpha value is -3.46. The van der Waals surface area contributed by atoms with Gasteiger partial charge in [-0.25, -0.2) is 9.67 Å². The number of rotatable bonds is 6. The molecule has 4 heterocycles. The lowest BCUT2D eigenvalue weighted by Crippen LogP contribution is -2.25. The molecule has 5 rings (SSSR count). The van der Waals surface area contributed by atoms with Crippen molar-refractivity contribution in [3.8, 4) is 5.69 Å². The Morgan fingerprint density at radius 1 is 1.12 bits per heavy atom. The van der Waals surface area contributed by atoms with Crippen molar-refractivity contribution >= 4 is 22.9 Å². The van der Waals surface area contributed by atoms with Gasteiger partial charge in [-0.3, -0.25) is 0 Å². The van der Waals surface area contributed by atoms with Crippen LogP contribution in [0.4, 0.5) is 11.8 Å². The van der Waals surface area contributed by atoms with Crippen LogP contribution < -0.4 is 16.4 Å². The summed E-state index contributed by atoms with van der Waals surface area (Å²) in [4.78, 5) is 16.6.